The molecule has 0 atom stereocenters. The number of alkyl halides is 1. The average molecular weight is 431 g/mol. The van der Waals surface area contributed by atoms with Crippen molar-refractivity contribution in [1.82, 2.24) is 14.8 Å². The van der Waals surface area contributed by atoms with Crippen LogP contribution in [0.3, 0.4) is 0 Å². The van der Waals surface area contributed by atoms with Crippen LogP contribution in [0, 0.1) is 20.8 Å². The van der Waals surface area contributed by atoms with Crippen LogP contribution in [0.2, 0.25) is 0 Å². The van der Waals surface area contributed by atoms with Gasteiger partial charge in [-0.3, -0.25) is 9.36 Å². The predicted octanol–water partition coefficient (Wildman–Crippen LogP) is 4.36. The fraction of sp³-hybridized carbons (Fsp3) is 0.211. The van der Waals surface area contributed by atoms with E-state index < -0.39 is 0 Å². The highest BCUT2D eigenvalue weighted by molar-refractivity contribution is 14.1. The number of aryl methyl sites for hydroxylation is 3. The van der Waals surface area contributed by atoms with Crippen LogP contribution >= 0.6 is 22.6 Å². The minimum Gasteiger partial charge on any atom is -0.289 e. The van der Waals surface area contributed by atoms with E-state index in [1.54, 1.807) is 0 Å². The topological polar surface area (TPSA) is 47.8 Å². The van der Waals surface area contributed by atoms with Gasteiger partial charge in [0.2, 0.25) is 0 Å². The monoisotopic (exact) mass is 431 g/mol. The van der Waals surface area contributed by atoms with E-state index in [1.807, 2.05) is 67.8 Å². The minimum absolute atomic E-state index is 0.0271. The van der Waals surface area contributed by atoms with Gasteiger partial charge in [0.25, 0.3) is 0 Å². The fourth-order valence-corrected chi connectivity index (χ4v) is 3.30. The number of benzene rings is 2. The standard InChI is InChI=1S/C19H18IN3O/c1-12-8-9-17(23-14(3)21-22-18(23)11-20)16(10-12)19(24)15-7-5-4-6-13(15)2/h4-10H,11H2,1-3H3. The Morgan fingerprint density at radius 3 is 2.50 bits per heavy atom. The number of carbonyl (C=O) groups is 1. The summed E-state index contributed by atoms with van der Waals surface area (Å²) in [5.74, 6) is 1.65. The number of hydrogen-bond acceptors (Lipinski definition) is 3. The molecule has 1 heterocycles. The van der Waals surface area contributed by atoms with Crippen molar-refractivity contribution in [2.45, 2.75) is 25.2 Å². The summed E-state index contributed by atoms with van der Waals surface area (Å²) in [6, 6.07) is 13.6. The second kappa shape index (κ2) is 6.84. The Bertz CT molecular complexity index is 915. The molecular weight excluding hydrogens is 413 g/mol. The van der Waals surface area contributed by atoms with Gasteiger partial charge < -0.3 is 0 Å². The molecule has 1 aromatic heterocycles. The summed E-state index contributed by atoms with van der Waals surface area (Å²) in [5, 5.41) is 8.39. The molecule has 3 rings (SSSR count). The van der Waals surface area contributed by atoms with E-state index in [0.717, 1.165) is 38.5 Å². The Kier molecular flexibility index (Phi) is 4.80. The van der Waals surface area contributed by atoms with Gasteiger partial charge in [0.1, 0.15) is 11.6 Å². The number of hydrogen-bond donors (Lipinski definition) is 0. The summed E-state index contributed by atoms with van der Waals surface area (Å²) in [5.41, 5.74) is 4.27. The number of halogens is 1. The van der Waals surface area contributed by atoms with E-state index >= 15 is 0 Å². The van der Waals surface area contributed by atoms with Gasteiger partial charge in [-0.1, -0.05) is 58.5 Å². The molecule has 0 aliphatic rings. The molecule has 0 unspecified atom stereocenters. The van der Waals surface area contributed by atoms with Gasteiger partial charge in [-0.15, -0.1) is 10.2 Å². The van der Waals surface area contributed by atoms with Crippen LogP contribution in [0.1, 0.15) is 38.7 Å². The van der Waals surface area contributed by atoms with Gasteiger partial charge in [-0.2, -0.15) is 0 Å². The number of nitrogens with zero attached hydrogens (tertiary/aromatic N) is 3. The minimum atomic E-state index is 0.0271. The van der Waals surface area contributed by atoms with Gasteiger partial charge in [-0.25, -0.2) is 0 Å². The maximum atomic E-state index is 13.2. The summed E-state index contributed by atoms with van der Waals surface area (Å²) in [7, 11) is 0. The first-order valence-electron chi connectivity index (χ1n) is 7.71. The lowest BCUT2D eigenvalue weighted by Gasteiger charge is -2.14. The molecule has 0 spiro atoms. The molecule has 0 aliphatic heterocycles. The van der Waals surface area contributed by atoms with E-state index in [0.29, 0.717) is 5.56 Å². The van der Waals surface area contributed by atoms with Crippen LogP contribution in [-0.4, -0.2) is 20.5 Å². The first kappa shape index (κ1) is 16.8. The zero-order valence-electron chi connectivity index (χ0n) is 13.9. The molecule has 122 valence electrons. The zero-order valence-corrected chi connectivity index (χ0v) is 16.0. The summed E-state index contributed by atoms with van der Waals surface area (Å²) >= 11 is 2.26. The maximum Gasteiger partial charge on any atom is 0.195 e. The molecule has 2 aromatic carbocycles. The molecule has 0 saturated heterocycles. The smallest absolute Gasteiger partial charge is 0.195 e. The molecule has 0 amide bonds. The van der Waals surface area contributed by atoms with Crippen LogP contribution in [0.25, 0.3) is 5.69 Å². The van der Waals surface area contributed by atoms with Crippen LogP contribution in [0.4, 0.5) is 0 Å². The number of ketones is 1. The van der Waals surface area contributed by atoms with Crippen molar-refractivity contribution in [1.29, 1.82) is 0 Å². The molecule has 0 radical (unpaired) electrons. The molecule has 0 N–H and O–H groups in total. The Hall–Kier alpha value is -2.02. The summed E-state index contributed by atoms with van der Waals surface area (Å²) in [4.78, 5) is 13.2. The lowest BCUT2D eigenvalue weighted by molar-refractivity contribution is 0.103. The quantitative estimate of drug-likeness (QED) is 0.351. The van der Waals surface area contributed by atoms with Crippen LogP contribution in [0.5, 0.6) is 0 Å². The van der Waals surface area contributed by atoms with Gasteiger partial charge in [0.05, 0.1) is 10.1 Å². The van der Waals surface area contributed by atoms with Crippen LogP contribution in [0.15, 0.2) is 42.5 Å². The molecule has 5 heteroatoms. The van der Waals surface area contributed by atoms with Crippen molar-refractivity contribution in [3.8, 4) is 5.69 Å². The molecule has 0 aliphatic carbocycles. The average Bonchev–Trinajstić information content (AvgIpc) is 2.95. The molecule has 24 heavy (non-hydrogen) atoms. The van der Waals surface area contributed by atoms with Crippen LogP contribution < -0.4 is 0 Å². The lowest BCUT2D eigenvalue weighted by atomic mass is 9.96. The Labute approximate surface area is 155 Å². The fourth-order valence-electron chi connectivity index (χ4n) is 2.81. The van der Waals surface area contributed by atoms with Crippen molar-refractivity contribution >= 4 is 28.4 Å². The van der Waals surface area contributed by atoms with Gasteiger partial charge >= 0.3 is 0 Å². The summed E-state index contributed by atoms with van der Waals surface area (Å²) < 4.78 is 2.70. The number of rotatable bonds is 4. The van der Waals surface area contributed by atoms with E-state index in [4.69, 9.17) is 0 Å². The third-order valence-corrected chi connectivity index (χ3v) is 4.72. The van der Waals surface area contributed by atoms with Gasteiger partial charge in [-0.05, 0) is 38.5 Å². The second-order valence-corrected chi connectivity index (χ2v) is 6.56. The Balaban J connectivity index is 2.22. The van der Waals surface area contributed by atoms with Crippen molar-refractivity contribution in [2.24, 2.45) is 0 Å². The molecule has 0 saturated carbocycles. The van der Waals surface area contributed by atoms with Crippen molar-refractivity contribution in [3.05, 3.63) is 76.4 Å². The number of aromatic nitrogens is 3. The molecular formula is C19H18IN3O. The third kappa shape index (κ3) is 3.00. The largest absolute Gasteiger partial charge is 0.289 e. The molecule has 0 fully saturated rings. The van der Waals surface area contributed by atoms with E-state index in [2.05, 4.69) is 32.8 Å². The highest BCUT2D eigenvalue weighted by Gasteiger charge is 2.20. The predicted molar refractivity (Wildman–Crippen MR) is 103 cm³/mol. The van der Waals surface area contributed by atoms with Crippen molar-refractivity contribution in [3.63, 3.8) is 0 Å². The SMILES string of the molecule is Cc1ccc(-n2c(C)nnc2CI)c(C(=O)c2ccccc2C)c1. The Morgan fingerprint density at radius 1 is 1.04 bits per heavy atom. The number of carbonyl (C=O) groups excluding carboxylic acids is 1. The first-order chi connectivity index (χ1) is 11.5. The van der Waals surface area contributed by atoms with Gasteiger partial charge in [0, 0.05) is 11.1 Å². The van der Waals surface area contributed by atoms with Crippen molar-refractivity contribution in [2.75, 3.05) is 0 Å². The first-order valence-corrected chi connectivity index (χ1v) is 9.23. The maximum absolute atomic E-state index is 13.2. The van der Waals surface area contributed by atoms with E-state index in [9.17, 15) is 4.79 Å². The summed E-state index contributed by atoms with van der Waals surface area (Å²) in [6.45, 7) is 5.87. The molecule has 0 bridgehead atoms. The van der Waals surface area contributed by atoms with E-state index in [-0.39, 0.29) is 5.78 Å². The Morgan fingerprint density at radius 2 is 1.79 bits per heavy atom. The normalized spacial score (nSPS) is 10.8. The lowest BCUT2D eigenvalue weighted by Crippen LogP contribution is -2.11. The van der Waals surface area contributed by atoms with Gasteiger partial charge in [0.15, 0.2) is 5.78 Å². The zero-order chi connectivity index (χ0) is 17.3. The molecule has 4 nitrogen and oxygen atoms in total. The van der Waals surface area contributed by atoms with Crippen molar-refractivity contribution < 1.29 is 4.79 Å². The van der Waals surface area contributed by atoms with Crippen LogP contribution in [-0.2, 0) is 4.43 Å². The highest BCUT2D eigenvalue weighted by atomic mass is 127. The molecule has 3 aromatic rings. The third-order valence-electron chi connectivity index (χ3n) is 4.04. The highest BCUT2D eigenvalue weighted by Crippen LogP contribution is 2.24. The van der Waals surface area contributed by atoms with E-state index in [1.165, 1.54) is 0 Å². The second-order valence-electron chi connectivity index (χ2n) is 5.80. The summed E-state index contributed by atoms with van der Waals surface area (Å²) in [6.07, 6.45) is 0.